The molecule has 10 heteroatoms. The van der Waals surface area contributed by atoms with Gasteiger partial charge in [-0.25, -0.2) is 4.79 Å². The fraction of sp³-hybridized carbons (Fsp3) is 0.545. The van der Waals surface area contributed by atoms with E-state index in [1.807, 2.05) is 18.1 Å². The van der Waals surface area contributed by atoms with Crippen LogP contribution in [0.15, 0.2) is 24.4 Å². The predicted molar refractivity (Wildman–Crippen MR) is 130 cm³/mol. The Balaban J connectivity index is 1.22. The second kappa shape index (κ2) is 10.6. The van der Waals surface area contributed by atoms with Crippen LogP contribution >= 0.6 is 34.8 Å². The molecule has 0 aliphatic carbocycles. The first-order chi connectivity index (χ1) is 15.4. The molecule has 3 heterocycles. The van der Waals surface area contributed by atoms with E-state index in [4.69, 9.17) is 34.8 Å². The van der Waals surface area contributed by atoms with Crippen molar-refractivity contribution in [2.75, 3.05) is 51.1 Å². The number of aryl methyl sites for hydroxylation is 1. The molecule has 174 valence electrons. The molecule has 1 aromatic carbocycles. The maximum absolute atomic E-state index is 12.6. The van der Waals surface area contributed by atoms with Crippen LogP contribution in [-0.2, 0) is 13.6 Å². The van der Waals surface area contributed by atoms with Crippen molar-refractivity contribution in [3.05, 3.63) is 45.2 Å². The summed E-state index contributed by atoms with van der Waals surface area (Å²) in [6.07, 6.45) is 4.29. The van der Waals surface area contributed by atoms with Gasteiger partial charge in [0.25, 0.3) is 0 Å². The third kappa shape index (κ3) is 6.08. The van der Waals surface area contributed by atoms with Gasteiger partial charge in [-0.1, -0.05) is 34.8 Å². The van der Waals surface area contributed by atoms with Crippen molar-refractivity contribution in [3.8, 4) is 0 Å². The molecule has 2 saturated heterocycles. The van der Waals surface area contributed by atoms with E-state index in [1.54, 1.807) is 22.9 Å². The molecular weight excluding hydrogens is 471 g/mol. The number of benzene rings is 1. The number of nitrogens with one attached hydrogen (secondary N) is 1. The second-order valence-electron chi connectivity index (χ2n) is 8.69. The topological polar surface area (TPSA) is 56.6 Å². The van der Waals surface area contributed by atoms with E-state index < -0.39 is 0 Å². The highest BCUT2D eigenvalue weighted by Crippen LogP contribution is 2.26. The summed E-state index contributed by atoms with van der Waals surface area (Å²) in [5.41, 5.74) is 1.61. The molecule has 0 spiro atoms. The van der Waals surface area contributed by atoms with Gasteiger partial charge in [0.2, 0.25) is 0 Å². The number of piperazine rings is 1. The fourth-order valence-corrected chi connectivity index (χ4v) is 5.08. The summed E-state index contributed by atoms with van der Waals surface area (Å²) in [4.78, 5) is 19.4. The van der Waals surface area contributed by atoms with E-state index in [0.29, 0.717) is 34.7 Å². The van der Waals surface area contributed by atoms with E-state index >= 15 is 0 Å². The Morgan fingerprint density at radius 2 is 1.84 bits per heavy atom. The van der Waals surface area contributed by atoms with Gasteiger partial charge in [0.1, 0.15) is 0 Å². The number of urea groups is 1. The van der Waals surface area contributed by atoms with Gasteiger partial charge in [-0.3, -0.25) is 14.5 Å². The van der Waals surface area contributed by atoms with Crippen LogP contribution in [0.2, 0.25) is 15.1 Å². The van der Waals surface area contributed by atoms with Gasteiger partial charge >= 0.3 is 6.03 Å². The van der Waals surface area contributed by atoms with Crippen molar-refractivity contribution >= 4 is 46.5 Å². The van der Waals surface area contributed by atoms with Crippen molar-refractivity contribution < 1.29 is 4.79 Å². The summed E-state index contributed by atoms with van der Waals surface area (Å²) in [7, 11) is 1.90. The molecule has 1 N–H and O–H groups in total. The number of carbonyl (C=O) groups is 1. The molecule has 0 radical (unpaired) electrons. The zero-order valence-corrected chi connectivity index (χ0v) is 20.5. The van der Waals surface area contributed by atoms with Gasteiger partial charge in [0.05, 0.1) is 20.8 Å². The first kappa shape index (κ1) is 23.6. The molecule has 1 aromatic heterocycles. The highest BCUT2D eigenvalue weighted by Gasteiger charge is 2.26. The number of nitrogens with zero attached hydrogens (tertiary/aromatic N) is 5. The first-order valence-electron chi connectivity index (χ1n) is 11.0. The summed E-state index contributed by atoms with van der Waals surface area (Å²) in [5, 5.41) is 9.04. The van der Waals surface area contributed by atoms with Crippen molar-refractivity contribution in [2.24, 2.45) is 13.0 Å². The molecule has 2 aliphatic heterocycles. The number of halogens is 3. The third-order valence-corrected chi connectivity index (χ3v) is 7.23. The summed E-state index contributed by atoms with van der Waals surface area (Å²) in [5.74, 6) is 0.628. The van der Waals surface area contributed by atoms with Crippen LogP contribution in [0, 0.1) is 5.92 Å². The average molecular weight is 500 g/mol. The smallest absolute Gasteiger partial charge is 0.321 e. The van der Waals surface area contributed by atoms with Crippen LogP contribution in [0.4, 0.5) is 10.5 Å². The quantitative estimate of drug-likeness (QED) is 0.661. The van der Waals surface area contributed by atoms with Crippen LogP contribution in [0.1, 0.15) is 18.5 Å². The zero-order chi connectivity index (χ0) is 22.7. The first-order valence-corrected chi connectivity index (χ1v) is 12.1. The molecular formula is C22H29Cl3N6O. The molecule has 1 atom stereocenters. The maximum Gasteiger partial charge on any atom is 0.321 e. The monoisotopic (exact) mass is 498 g/mol. The van der Waals surface area contributed by atoms with Crippen molar-refractivity contribution in [2.45, 2.75) is 19.4 Å². The summed E-state index contributed by atoms with van der Waals surface area (Å²) >= 11 is 18.3. The van der Waals surface area contributed by atoms with Crippen LogP contribution in [-0.4, -0.2) is 76.3 Å². The van der Waals surface area contributed by atoms with E-state index in [1.165, 1.54) is 12.8 Å². The number of piperidine rings is 1. The number of carbonyl (C=O) groups excluding carboxylic acids is 1. The molecule has 2 aromatic rings. The number of hydrogen-bond acceptors (Lipinski definition) is 4. The van der Waals surface area contributed by atoms with Crippen LogP contribution in [0.3, 0.4) is 0 Å². The molecule has 7 nitrogen and oxygen atoms in total. The number of hydrogen-bond donors (Lipinski definition) is 1. The molecule has 2 amide bonds. The van der Waals surface area contributed by atoms with E-state index in [0.717, 1.165) is 50.0 Å². The van der Waals surface area contributed by atoms with Gasteiger partial charge < -0.3 is 10.2 Å². The normalized spacial score (nSPS) is 20.5. The lowest BCUT2D eigenvalue weighted by Gasteiger charge is -2.39. The Labute approximate surface area is 204 Å². The third-order valence-electron chi connectivity index (χ3n) is 6.18. The van der Waals surface area contributed by atoms with Crippen molar-refractivity contribution in [1.29, 1.82) is 0 Å². The van der Waals surface area contributed by atoms with Gasteiger partial charge in [-0.15, -0.1) is 0 Å². The molecule has 2 aliphatic rings. The Morgan fingerprint density at radius 3 is 2.53 bits per heavy atom. The molecule has 32 heavy (non-hydrogen) atoms. The summed E-state index contributed by atoms with van der Waals surface area (Å²) < 4.78 is 1.77. The zero-order valence-electron chi connectivity index (χ0n) is 18.2. The molecule has 2 fully saturated rings. The SMILES string of the molecule is Cn1cc(Cl)c(CN2CCCC(CN3CCN(C(=O)Nc4ccc(Cl)c(Cl)c4)CC3)C2)n1. The predicted octanol–water partition coefficient (Wildman–Crippen LogP) is 4.44. The average Bonchev–Trinajstić information content (AvgIpc) is 3.08. The minimum atomic E-state index is -0.0980. The minimum absolute atomic E-state index is 0.0980. The molecule has 0 saturated carbocycles. The Morgan fingerprint density at radius 1 is 1.06 bits per heavy atom. The molecule has 4 rings (SSSR count). The maximum atomic E-state index is 12.6. The van der Waals surface area contributed by atoms with Gasteiger partial charge in [0.15, 0.2) is 0 Å². The van der Waals surface area contributed by atoms with Gasteiger partial charge in [-0.2, -0.15) is 5.10 Å². The lowest BCUT2D eigenvalue weighted by atomic mass is 9.97. The van der Waals surface area contributed by atoms with E-state index in [2.05, 4.69) is 20.2 Å². The standard InChI is InChI=1S/C22H29Cl3N6O/c1-28-14-20(25)21(27-28)15-30-6-2-3-16(13-30)12-29-7-9-31(10-8-29)22(32)26-17-4-5-18(23)19(24)11-17/h4-5,11,14,16H,2-3,6-10,12-13,15H2,1H3,(H,26,32). The van der Waals surface area contributed by atoms with Gasteiger partial charge in [0, 0.05) is 64.7 Å². The minimum Gasteiger partial charge on any atom is -0.322 e. The van der Waals surface area contributed by atoms with Crippen LogP contribution < -0.4 is 5.32 Å². The fourth-order valence-electron chi connectivity index (χ4n) is 4.54. The summed E-state index contributed by atoms with van der Waals surface area (Å²) in [6.45, 7) is 7.22. The number of amides is 2. The lowest BCUT2D eigenvalue weighted by Crippen LogP contribution is -2.52. The van der Waals surface area contributed by atoms with Crippen molar-refractivity contribution in [3.63, 3.8) is 0 Å². The van der Waals surface area contributed by atoms with Crippen LogP contribution in [0.25, 0.3) is 0 Å². The van der Waals surface area contributed by atoms with Crippen LogP contribution in [0.5, 0.6) is 0 Å². The molecule has 0 bridgehead atoms. The Kier molecular flexibility index (Phi) is 7.84. The number of rotatable bonds is 5. The Bertz CT molecular complexity index is 944. The Hall–Kier alpha value is -1.51. The molecule has 1 unspecified atom stereocenters. The van der Waals surface area contributed by atoms with E-state index in [-0.39, 0.29) is 6.03 Å². The summed E-state index contributed by atoms with van der Waals surface area (Å²) in [6, 6.07) is 5.02. The number of anilines is 1. The highest BCUT2D eigenvalue weighted by molar-refractivity contribution is 6.42. The number of aromatic nitrogens is 2. The number of likely N-dealkylation sites (tertiary alicyclic amines) is 1. The van der Waals surface area contributed by atoms with Crippen molar-refractivity contribution in [1.82, 2.24) is 24.5 Å². The highest BCUT2D eigenvalue weighted by atomic mass is 35.5. The van der Waals surface area contributed by atoms with E-state index in [9.17, 15) is 4.79 Å². The second-order valence-corrected chi connectivity index (χ2v) is 9.91. The lowest BCUT2D eigenvalue weighted by molar-refractivity contribution is 0.0979. The largest absolute Gasteiger partial charge is 0.322 e. The van der Waals surface area contributed by atoms with Gasteiger partial charge in [-0.05, 0) is 43.5 Å².